The summed E-state index contributed by atoms with van der Waals surface area (Å²) in [5.41, 5.74) is 2.38. The Morgan fingerprint density at radius 3 is 2.48 bits per heavy atom. The molecule has 2 aromatic carbocycles. The van der Waals surface area contributed by atoms with E-state index in [0.717, 1.165) is 28.8 Å². The fourth-order valence-electron chi connectivity index (χ4n) is 5.55. The zero-order valence-corrected chi connectivity index (χ0v) is 19.8. The minimum absolute atomic E-state index is 0.0955. The van der Waals surface area contributed by atoms with Gasteiger partial charge in [0.1, 0.15) is 0 Å². The van der Waals surface area contributed by atoms with Gasteiger partial charge in [-0.3, -0.25) is 4.79 Å². The van der Waals surface area contributed by atoms with E-state index in [1.54, 1.807) is 54.7 Å². The molecule has 2 aliphatic heterocycles. The van der Waals surface area contributed by atoms with Gasteiger partial charge < -0.3 is 5.32 Å². The Morgan fingerprint density at radius 2 is 1.76 bits per heavy atom. The largest absolute Gasteiger partial charge is 0.362 e. The molecule has 0 fully saturated rings. The van der Waals surface area contributed by atoms with Crippen molar-refractivity contribution in [1.82, 2.24) is 5.32 Å². The van der Waals surface area contributed by atoms with Crippen molar-refractivity contribution in [2.75, 3.05) is 0 Å². The Balaban J connectivity index is 1.73. The molecule has 0 amide bonds. The molecule has 2 atom stereocenters. The lowest BCUT2D eigenvalue weighted by atomic mass is 9.59. The van der Waals surface area contributed by atoms with Crippen molar-refractivity contribution >= 4 is 15.6 Å². The van der Waals surface area contributed by atoms with Crippen LogP contribution in [0.2, 0.25) is 0 Å². The van der Waals surface area contributed by atoms with Gasteiger partial charge in [-0.2, -0.15) is 10.2 Å². The van der Waals surface area contributed by atoms with Crippen LogP contribution in [-0.2, 0) is 20.0 Å². The van der Waals surface area contributed by atoms with Crippen LogP contribution in [0.25, 0.3) is 0 Å². The molecular formula is C26H27N3O3S. The number of carbonyl (C=O) groups excluding carboxylic acids is 1. The van der Waals surface area contributed by atoms with Crippen molar-refractivity contribution in [1.29, 1.82) is 0 Å². The van der Waals surface area contributed by atoms with E-state index in [-0.39, 0.29) is 27.2 Å². The van der Waals surface area contributed by atoms with Gasteiger partial charge in [0.15, 0.2) is 11.9 Å². The highest BCUT2D eigenvalue weighted by atomic mass is 32.2. The third kappa shape index (κ3) is 3.29. The molecule has 0 aromatic heterocycles. The lowest BCUT2D eigenvalue weighted by Crippen LogP contribution is -2.51. The van der Waals surface area contributed by atoms with E-state index in [2.05, 4.69) is 29.4 Å². The van der Waals surface area contributed by atoms with Gasteiger partial charge in [0.25, 0.3) is 0 Å². The first kappa shape index (κ1) is 21.8. The first-order chi connectivity index (χ1) is 15.7. The number of allylic oxidation sites excluding steroid dienone is 2. The van der Waals surface area contributed by atoms with Gasteiger partial charge in [-0.15, -0.1) is 0 Å². The van der Waals surface area contributed by atoms with Crippen LogP contribution in [0.4, 0.5) is 0 Å². The molecule has 0 saturated heterocycles. The number of Topliss-reactive ketones (excluding diaryl/α,β-unsaturated/α-hetero) is 1. The number of hydrogen-bond donors (Lipinski definition) is 1. The third-order valence-electron chi connectivity index (χ3n) is 7.00. The lowest BCUT2D eigenvalue weighted by Gasteiger charge is -2.47. The van der Waals surface area contributed by atoms with Crippen LogP contribution in [0.5, 0.6) is 0 Å². The molecule has 2 aromatic rings. The molecule has 33 heavy (non-hydrogen) atoms. The number of rotatable bonds is 4. The normalized spacial score (nSPS) is 25.8. The summed E-state index contributed by atoms with van der Waals surface area (Å²) in [5.74, 6) is 0.0955. The van der Waals surface area contributed by atoms with E-state index in [4.69, 9.17) is 0 Å². The molecule has 170 valence electrons. The van der Waals surface area contributed by atoms with Gasteiger partial charge in [0.05, 0.1) is 21.4 Å². The zero-order chi connectivity index (χ0) is 23.4. The van der Waals surface area contributed by atoms with Crippen LogP contribution in [0, 0.1) is 5.41 Å². The van der Waals surface area contributed by atoms with Crippen molar-refractivity contribution in [3.05, 3.63) is 83.2 Å². The predicted octanol–water partition coefficient (Wildman–Crippen LogP) is 5.09. The van der Waals surface area contributed by atoms with Crippen molar-refractivity contribution in [3.63, 3.8) is 0 Å². The quantitative estimate of drug-likeness (QED) is 0.687. The summed E-state index contributed by atoms with van der Waals surface area (Å²) in [6, 6.07) is 15.5. The van der Waals surface area contributed by atoms with Crippen LogP contribution in [0.1, 0.15) is 45.6 Å². The molecule has 3 aliphatic rings. The molecule has 0 spiro atoms. The Labute approximate surface area is 194 Å². The van der Waals surface area contributed by atoms with Crippen LogP contribution in [-0.4, -0.2) is 20.4 Å². The molecule has 1 aliphatic carbocycles. The highest BCUT2D eigenvalue weighted by Gasteiger charge is 2.53. The van der Waals surface area contributed by atoms with Crippen LogP contribution < -0.4 is 5.32 Å². The first-order valence-electron chi connectivity index (χ1n) is 11.2. The molecule has 7 heteroatoms. The summed E-state index contributed by atoms with van der Waals surface area (Å²) in [7, 11) is -3.70. The van der Waals surface area contributed by atoms with Gasteiger partial charge >= 0.3 is 0 Å². The van der Waals surface area contributed by atoms with Crippen molar-refractivity contribution < 1.29 is 13.2 Å². The highest BCUT2D eigenvalue weighted by molar-refractivity contribution is 7.91. The number of hydrogen-bond acceptors (Lipinski definition) is 6. The number of azo groups is 1. The van der Waals surface area contributed by atoms with Crippen LogP contribution in [0.3, 0.4) is 0 Å². The van der Waals surface area contributed by atoms with Crippen molar-refractivity contribution in [3.8, 4) is 0 Å². The van der Waals surface area contributed by atoms with E-state index >= 15 is 0 Å². The summed E-state index contributed by atoms with van der Waals surface area (Å²) < 4.78 is 26.8. The summed E-state index contributed by atoms with van der Waals surface area (Å²) in [4.78, 5) is 14.0. The molecule has 2 heterocycles. The molecule has 5 rings (SSSR count). The Kier molecular flexibility index (Phi) is 4.94. The van der Waals surface area contributed by atoms with Crippen molar-refractivity contribution in [2.24, 2.45) is 15.6 Å². The molecule has 2 unspecified atom stereocenters. The first-order valence-corrected chi connectivity index (χ1v) is 12.7. The van der Waals surface area contributed by atoms with Gasteiger partial charge in [0.2, 0.25) is 9.84 Å². The number of carbonyl (C=O) groups is 1. The highest BCUT2D eigenvalue weighted by Crippen LogP contribution is 2.53. The van der Waals surface area contributed by atoms with Gasteiger partial charge in [-0.1, -0.05) is 51.1 Å². The topological polar surface area (TPSA) is 88.0 Å². The molecular weight excluding hydrogens is 434 g/mol. The number of fused-ring (bicyclic) bond motifs is 1. The second-order valence-corrected chi connectivity index (χ2v) is 11.7. The standard InChI is InChI=1S/C26H27N3O3S/c1-4-26(17-9-8-12-19(13-17)33(31,32)18-10-6-5-7-11-18)20-16-27-29-24(20)28-21-14-25(2,3)15-22(30)23(21)26/h5-13,16,24,28H,4,14-15H2,1-3H3. The monoisotopic (exact) mass is 461 g/mol. The minimum Gasteiger partial charge on any atom is -0.362 e. The van der Waals surface area contributed by atoms with E-state index in [0.29, 0.717) is 12.8 Å². The predicted molar refractivity (Wildman–Crippen MR) is 125 cm³/mol. The Hall–Kier alpha value is -3.06. The maximum Gasteiger partial charge on any atom is 0.206 e. The van der Waals surface area contributed by atoms with E-state index in [1.165, 1.54) is 0 Å². The van der Waals surface area contributed by atoms with E-state index in [9.17, 15) is 13.2 Å². The molecule has 6 nitrogen and oxygen atoms in total. The number of sulfone groups is 1. The molecule has 0 bridgehead atoms. The summed E-state index contributed by atoms with van der Waals surface area (Å²) >= 11 is 0. The van der Waals surface area contributed by atoms with Crippen LogP contribution >= 0.6 is 0 Å². The van der Waals surface area contributed by atoms with E-state index < -0.39 is 15.3 Å². The fraction of sp³-hybridized carbons (Fsp3) is 0.346. The minimum atomic E-state index is -3.70. The third-order valence-corrected chi connectivity index (χ3v) is 8.77. The number of ketones is 1. The summed E-state index contributed by atoms with van der Waals surface area (Å²) in [5, 5.41) is 12.0. The maximum atomic E-state index is 13.6. The molecule has 0 radical (unpaired) electrons. The molecule has 0 saturated carbocycles. The number of nitrogens with one attached hydrogen (secondary N) is 1. The van der Waals surface area contributed by atoms with Crippen LogP contribution in [0.15, 0.2) is 97.7 Å². The SMILES string of the molecule is CCC1(c2cccc(S(=O)(=O)c3ccccc3)c2)C2=CN=NC2NC2=C1C(=O)CC(C)(C)C2. The number of benzene rings is 2. The molecule has 1 N–H and O–H groups in total. The lowest BCUT2D eigenvalue weighted by molar-refractivity contribution is -0.119. The second-order valence-electron chi connectivity index (χ2n) is 9.76. The maximum absolute atomic E-state index is 13.6. The zero-order valence-electron chi connectivity index (χ0n) is 19.0. The fourth-order valence-corrected chi connectivity index (χ4v) is 6.88. The second kappa shape index (κ2) is 7.48. The summed E-state index contributed by atoms with van der Waals surface area (Å²) in [6.45, 7) is 6.23. The van der Waals surface area contributed by atoms with Gasteiger partial charge in [-0.05, 0) is 48.1 Å². The Bertz CT molecular complexity index is 1340. The van der Waals surface area contributed by atoms with Crippen molar-refractivity contribution in [2.45, 2.75) is 61.4 Å². The summed E-state index contributed by atoms with van der Waals surface area (Å²) in [6.07, 6.45) is 3.17. The van der Waals surface area contributed by atoms with E-state index in [1.807, 2.05) is 13.0 Å². The average Bonchev–Trinajstić information content (AvgIpc) is 3.26. The smallest absolute Gasteiger partial charge is 0.206 e. The number of nitrogens with zero attached hydrogens (tertiary/aromatic N) is 2. The average molecular weight is 462 g/mol. The van der Waals surface area contributed by atoms with Gasteiger partial charge in [0, 0.05) is 23.3 Å². The van der Waals surface area contributed by atoms with Gasteiger partial charge in [-0.25, -0.2) is 8.42 Å². The Morgan fingerprint density at radius 1 is 1.03 bits per heavy atom.